The molecule has 2 unspecified atom stereocenters. The molecule has 0 aromatic carbocycles. The van der Waals surface area contributed by atoms with Crippen molar-refractivity contribution in [3.63, 3.8) is 0 Å². The Morgan fingerprint density at radius 2 is 1.44 bits per heavy atom. The van der Waals surface area contributed by atoms with Crippen molar-refractivity contribution in [3.05, 3.63) is 0 Å². The van der Waals surface area contributed by atoms with E-state index in [0.29, 0.717) is 0 Å². The molecule has 0 aromatic rings. The van der Waals surface area contributed by atoms with E-state index in [1.54, 1.807) is 0 Å². The van der Waals surface area contributed by atoms with Crippen LogP contribution in [0.2, 0.25) is 0 Å². The zero-order valence-electron chi connectivity index (χ0n) is 8.03. The smallest absolute Gasteiger partial charge is 0.385 e. The molecule has 0 aliphatic rings. The minimum atomic E-state index is -6.45. The average molecular weight is 257 g/mol. The standard InChI is InChI=1S/C7H10F7NO/c1-2-3(15)4(16)5(8,9)6(10,11)7(12,13)14/h3-4,16H,2,15H2,1H3. The predicted molar refractivity (Wildman–Crippen MR) is 40.2 cm³/mol. The fourth-order valence-corrected chi connectivity index (χ4v) is 0.867. The summed E-state index contributed by atoms with van der Waals surface area (Å²) in [5, 5.41) is 8.69. The van der Waals surface area contributed by atoms with Gasteiger partial charge in [0, 0.05) is 6.04 Å². The largest absolute Gasteiger partial charge is 0.459 e. The number of nitrogens with two attached hydrogens (primary N) is 1. The Labute approximate surface area is 86.2 Å². The van der Waals surface area contributed by atoms with Crippen molar-refractivity contribution in [2.75, 3.05) is 0 Å². The van der Waals surface area contributed by atoms with Crippen LogP contribution in [0.3, 0.4) is 0 Å². The summed E-state index contributed by atoms with van der Waals surface area (Å²) in [6, 6.07) is -1.87. The van der Waals surface area contributed by atoms with Gasteiger partial charge in [-0.1, -0.05) is 6.92 Å². The van der Waals surface area contributed by atoms with Gasteiger partial charge in [0.15, 0.2) is 0 Å². The maximum Gasteiger partial charge on any atom is 0.459 e. The molecule has 0 rings (SSSR count). The third kappa shape index (κ3) is 2.40. The van der Waals surface area contributed by atoms with Crippen LogP contribution < -0.4 is 5.73 Å². The fourth-order valence-electron chi connectivity index (χ4n) is 0.867. The van der Waals surface area contributed by atoms with E-state index < -0.39 is 30.2 Å². The first kappa shape index (κ1) is 15.4. The van der Waals surface area contributed by atoms with Gasteiger partial charge in [0.1, 0.15) is 6.10 Å². The highest BCUT2D eigenvalue weighted by Crippen LogP contribution is 2.48. The molecule has 0 radical (unpaired) electrons. The molecule has 0 fully saturated rings. The minimum absolute atomic E-state index is 0.370. The van der Waals surface area contributed by atoms with Crippen LogP contribution in [0.4, 0.5) is 30.7 Å². The lowest BCUT2D eigenvalue weighted by atomic mass is 9.97. The number of hydrogen-bond acceptors (Lipinski definition) is 2. The maximum atomic E-state index is 12.7. The summed E-state index contributed by atoms with van der Waals surface area (Å²) in [6.07, 6.45) is -10.1. The Morgan fingerprint density at radius 3 is 1.69 bits per heavy atom. The second-order valence-electron chi connectivity index (χ2n) is 3.21. The molecule has 0 amide bonds. The molecule has 0 saturated carbocycles. The third-order valence-corrected chi connectivity index (χ3v) is 2.02. The van der Waals surface area contributed by atoms with Gasteiger partial charge in [0.2, 0.25) is 0 Å². The van der Waals surface area contributed by atoms with Crippen LogP contribution >= 0.6 is 0 Å². The zero-order chi connectivity index (χ0) is 13.4. The van der Waals surface area contributed by atoms with Gasteiger partial charge in [-0.25, -0.2) is 0 Å². The monoisotopic (exact) mass is 257 g/mol. The van der Waals surface area contributed by atoms with Gasteiger partial charge < -0.3 is 10.8 Å². The number of rotatable bonds is 4. The molecule has 0 saturated heterocycles. The SMILES string of the molecule is CCC(N)C(O)C(F)(F)C(F)(F)C(F)(F)F. The number of hydrogen-bond donors (Lipinski definition) is 2. The lowest BCUT2D eigenvalue weighted by molar-refractivity contribution is -0.372. The van der Waals surface area contributed by atoms with E-state index in [1.165, 1.54) is 0 Å². The zero-order valence-corrected chi connectivity index (χ0v) is 8.03. The summed E-state index contributed by atoms with van der Waals surface area (Å²) in [6.45, 7) is 1.16. The first-order chi connectivity index (χ1) is 6.89. The molecular formula is C7H10F7NO. The normalized spacial score (nSPS) is 18.4. The molecule has 0 bridgehead atoms. The fraction of sp³-hybridized carbons (Fsp3) is 1.00. The predicted octanol–water partition coefficient (Wildman–Crippen LogP) is 1.92. The van der Waals surface area contributed by atoms with Crippen LogP contribution in [0.15, 0.2) is 0 Å². The van der Waals surface area contributed by atoms with Crippen LogP contribution in [-0.2, 0) is 0 Å². The summed E-state index contributed by atoms with van der Waals surface area (Å²) in [5.74, 6) is -12.0. The second kappa shape index (κ2) is 4.36. The van der Waals surface area contributed by atoms with E-state index >= 15 is 0 Å². The van der Waals surface area contributed by atoms with Gasteiger partial charge in [-0.3, -0.25) is 0 Å². The van der Waals surface area contributed by atoms with Crippen molar-refractivity contribution in [3.8, 4) is 0 Å². The maximum absolute atomic E-state index is 12.7. The molecule has 9 heteroatoms. The average Bonchev–Trinajstić information content (AvgIpc) is 2.13. The van der Waals surface area contributed by atoms with Crippen molar-refractivity contribution >= 4 is 0 Å². The lowest BCUT2D eigenvalue weighted by Gasteiger charge is -2.33. The van der Waals surface area contributed by atoms with E-state index in [4.69, 9.17) is 10.8 Å². The molecule has 98 valence electrons. The van der Waals surface area contributed by atoms with Crippen molar-refractivity contribution < 1.29 is 35.8 Å². The molecule has 2 atom stereocenters. The molecule has 3 N–H and O–H groups in total. The molecule has 0 aliphatic heterocycles. The number of aliphatic hydroxyl groups excluding tert-OH is 1. The van der Waals surface area contributed by atoms with Crippen molar-refractivity contribution in [2.45, 2.75) is 43.5 Å². The highest BCUT2D eigenvalue weighted by Gasteiger charge is 2.75. The molecular weight excluding hydrogens is 247 g/mol. The topological polar surface area (TPSA) is 46.2 Å². The lowest BCUT2D eigenvalue weighted by Crippen LogP contribution is -2.61. The van der Waals surface area contributed by atoms with Crippen LogP contribution in [0.5, 0.6) is 0 Å². The second-order valence-corrected chi connectivity index (χ2v) is 3.21. The highest BCUT2D eigenvalue weighted by atomic mass is 19.4. The van der Waals surface area contributed by atoms with Gasteiger partial charge in [0.25, 0.3) is 0 Å². The number of aliphatic hydroxyl groups is 1. The van der Waals surface area contributed by atoms with Crippen LogP contribution in [0.1, 0.15) is 13.3 Å². The van der Waals surface area contributed by atoms with Gasteiger partial charge in [0.05, 0.1) is 0 Å². The summed E-state index contributed by atoms with van der Waals surface area (Å²) in [5.41, 5.74) is 4.81. The van der Waals surface area contributed by atoms with Gasteiger partial charge in [-0.2, -0.15) is 30.7 Å². The molecule has 16 heavy (non-hydrogen) atoms. The first-order valence-corrected chi connectivity index (χ1v) is 4.15. The van der Waals surface area contributed by atoms with E-state index in [-0.39, 0.29) is 6.42 Å². The Kier molecular flexibility index (Phi) is 4.21. The van der Waals surface area contributed by atoms with Gasteiger partial charge in [-0.05, 0) is 6.42 Å². The van der Waals surface area contributed by atoms with Gasteiger partial charge >= 0.3 is 18.0 Å². The van der Waals surface area contributed by atoms with E-state index in [2.05, 4.69) is 0 Å². The minimum Gasteiger partial charge on any atom is -0.385 e. The van der Waals surface area contributed by atoms with Gasteiger partial charge in [-0.15, -0.1) is 0 Å². The molecule has 0 spiro atoms. The summed E-state index contributed by atoms with van der Waals surface area (Å²) < 4.78 is 85.2. The Bertz CT molecular complexity index is 239. The van der Waals surface area contributed by atoms with Crippen LogP contribution in [-0.4, -0.2) is 35.3 Å². The first-order valence-electron chi connectivity index (χ1n) is 4.15. The molecule has 0 aromatic heterocycles. The Balaban J connectivity index is 5.19. The Morgan fingerprint density at radius 1 is 1.06 bits per heavy atom. The summed E-state index contributed by atoms with van der Waals surface area (Å²) in [7, 11) is 0. The van der Waals surface area contributed by atoms with Crippen LogP contribution in [0.25, 0.3) is 0 Å². The molecule has 0 heterocycles. The molecule has 2 nitrogen and oxygen atoms in total. The number of halogens is 7. The van der Waals surface area contributed by atoms with E-state index in [1.807, 2.05) is 0 Å². The highest BCUT2D eigenvalue weighted by molar-refractivity contribution is 4.98. The van der Waals surface area contributed by atoms with E-state index in [0.717, 1.165) is 6.92 Å². The summed E-state index contributed by atoms with van der Waals surface area (Å²) >= 11 is 0. The summed E-state index contributed by atoms with van der Waals surface area (Å²) in [4.78, 5) is 0. The van der Waals surface area contributed by atoms with Crippen LogP contribution in [0, 0.1) is 0 Å². The van der Waals surface area contributed by atoms with E-state index in [9.17, 15) is 30.7 Å². The van der Waals surface area contributed by atoms with Crippen molar-refractivity contribution in [1.29, 1.82) is 0 Å². The Hall–Kier alpha value is -0.570. The quantitative estimate of drug-likeness (QED) is 0.756. The molecule has 0 aliphatic carbocycles. The van der Waals surface area contributed by atoms with Crippen molar-refractivity contribution in [1.82, 2.24) is 0 Å². The number of alkyl halides is 7. The third-order valence-electron chi connectivity index (χ3n) is 2.02. The van der Waals surface area contributed by atoms with Crippen molar-refractivity contribution in [2.24, 2.45) is 5.73 Å².